The van der Waals surface area contributed by atoms with Crippen molar-refractivity contribution < 1.29 is 14.6 Å². The normalized spacial score (nSPS) is 32.5. The quantitative estimate of drug-likeness (QED) is 0.645. The van der Waals surface area contributed by atoms with Crippen LogP contribution in [0.4, 0.5) is 0 Å². The molecule has 1 rings (SSSR count). The second kappa shape index (κ2) is 2.80. The molecule has 1 fully saturated rings. The first-order valence-corrected chi connectivity index (χ1v) is 4.23. The van der Waals surface area contributed by atoms with E-state index in [0.29, 0.717) is 12.2 Å². The number of carbonyl (C=O) groups is 1. The van der Waals surface area contributed by atoms with E-state index in [-0.39, 0.29) is 0 Å². The molecule has 0 radical (unpaired) electrons. The van der Waals surface area contributed by atoms with Crippen molar-refractivity contribution in [1.29, 1.82) is 0 Å². The van der Waals surface area contributed by atoms with E-state index in [1.807, 2.05) is 0 Å². The molecule has 0 amide bonds. The van der Waals surface area contributed by atoms with Gasteiger partial charge in [0.2, 0.25) is 0 Å². The average molecular weight is 162 g/mol. The molecule has 3 nitrogen and oxygen atoms in total. The maximum atomic E-state index is 10.6. The molecule has 1 atom stereocenters. The number of carboxylic acids is 1. The SMILES string of the molecule is CO[C@]1(C(=O)O)CCSC1. The lowest BCUT2D eigenvalue weighted by molar-refractivity contribution is -0.158. The van der Waals surface area contributed by atoms with Crippen LogP contribution in [0.2, 0.25) is 0 Å². The molecule has 1 aliphatic heterocycles. The van der Waals surface area contributed by atoms with Crippen LogP contribution in [-0.2, 0) is 9.53 Å². The highest BCUT2D eigenvalue weighted by molar-refractivity contribution is 7.99. The molecule has 58 valence electrons. The molecular formula is C6H10O3S. The monoisotopic (exact) mass is 162 g/mol. The summed E-state index contributed by atoms with van der Waals surface area (Å²) in [5.74, 6) is 0.638. The molecule has 0 aromatic heterocycles. The molecule has 1 N–H and O–H groups in total. The summed E-state index contributed by atoms with van der Waals surface area (Å²) in [5.41, 5.74) is -0.884. The molecule has 0 saturated carbocycles. The number of rotatable bonds is 2. The van der Waals surface area contributed by atoms with Gasteiger partial charge in [0.05, 0.1) is 0 Å². The van der Waals surface area contributed by atoms with E-state index in [2.05, 4.69) is 0 Å². The van der Waals surface area contributed by atoms with Gasteiger partial charge in [-0.25, -0.2) is 4.79 Å². The van der Waals surface area contributed by atoms with Crippen LogP contribution in [0, 0.1) is 0 Å². The van der Waals surface area contributed by atoms with Crippen molar-refractivity contribution in [3.63, 3.8) is 0 Å². The zero-order chi connectivity index (χ0) is 7.61. The lowest BCUT2D eigenvalue weighted by Gasteiger charge is -2.20. The summed E-state index contributed by atoms with van der Waals surface area (Å²) in [5, 5.41) is 8.73. The van der Waals surface area contributed by atoms with Crippen LogP contribution < -0.4 is 0 Å². The van der Waals surface area contributed by atoms with Gasteiger partial charge in [0.1, 0.15) is 0 Å². The van der Waals surface area contributed by atoms with Crippen LogP contribution in [0.1, 0.15) is 6.42 Å². The van der Waals surface area contributed by atoms with Gasteiger partial charge in [-0.15, -0.1) is 0 Å². The first kappa shape index (κ1) is 7.88. The third kappa shape index (κ3) is 1.13. The molecule has 0 aromatic rings. The number of aliphatic carboxylic acids is 1. The highest BCUT2D eigenvalue weighted by Gasteiger charge is 2.41. The topological polar surface area (TPSA) is 46.5 Å². The Hall–Kier alpha value is -0.220. The number of hydrogen-bond donors (Lipinski definition) is 1. The third-order valence-corrected chi connectivity index (χ3v) is 2.93. The minimum Gasteiger partial charge on any atom is -0.479 e. The number of ether oxygens (including phenoxy) is 1. The first-order valence-electron chi connectivity index (χ1n) is 3.07. The average Bonchev–Trinajstić information content (AvgIpc) is 2.35. The summed E-state index contributed by atoms with van der Waals surface area (Å²) in [4.78, 5) is 10.6. The van der Waals surface area contributed by atoms with E-state index in [9.17, 15) is 4.79 Å². The van der Waals surface area contributed by atoms with Crippen molar-refractivity contribution in [2.45, 2.75) is 12.0 Å². The first-order chi connectivity index (χ1) is 4.71. The molecule has 0 bridgehead atoms. The summed E-state index contributed by atoms with van der Waals surface area (Å²) < 4.78 is 4.94. The van der Waals surface area contributed by atoms with Gasteiger partial charge >= 0.3 is 5.97 Å². The highest BCUT2D eigenvalue weighted by atomic mass is 32.2. The van der Waals surface area contributed by atoms with Gasteiger partial charge in [-0.1, -0.05) is 0 Å². The van der Waals surface area contributed by atoms with Crippen molar-refractivity contribution in [2.24, 2.45) is 0 Å². The summed E-state index contributed by atoms with van der Waals surface area (Å²) in [6.45, 7) is 0. The predicted molar refractivity (Wildman–Crippen MR) is 39.3 cm³/mol. The molecule has 10 heavy (non-hydrogen) atoms. The minimum absolute atomic E-state index is 0.582. The maximum Gasteiger partial charge on any atom is 0.336 e. The van der Waals surface area contributed by atoms with Gasteiger partial charge in [0.15, 0.2) is 5.60 Å². The molecular weight excluding hydrogens is 152 g/mol. The smallest absolute Gasteiger partial charge is 0.336 e. The maximum absolute atomic E-state index is 10.6. The van der Waals surface area contributed by atoms with Crippen molar-refractivity contribution >= 4 is 17.7 Å². The summed E-state index contributed by atoms with van der Waals surface area (Å²) in [6.07, 6.45) is 0.628. The molecule has 4 heteroatoms. The predicted octanol–water partition coefficient (Wildman–Crippen LogP) is 0.593. The molecule has 0 unspecified atom stereocenters. The van der Waals surface area contributed by atoms with Gasteiger partial charge in [-0.3, -0.25) is 0 Å². The van der Waals surface area contributed by atoms with Crippen LogP contribution in [0.25, 0.3) is 0 Å². The van der Waals surface area contributed by atoms with E-state index in [1.54, 1.807) is 11.8 Å². The van der Waals surface area contributed by atoms with Crippen LogP contribution in [0.5, 0.6) is 0 Å². The number of carboxylic acid groups (broad SMARTS) is 1. The van der Waals surface area contributed by atoms with E-state index in [0.717, 1.165) is 5.75 Å². The Morgan fingerprint density at radius 2 is 2.50 bits per heavy atom. The minimum atomic E-state index is -0.884. The fraction of sp³-hybridized carbons (Fsp3) is 0.833. The Labute approximate surface area is 63.8 Å². The van der Waals surface area contributed by atoms with Gasteiger partial charge in [-0.2, -0.15) is 11.8 Å². The Bertz CT molecular complexity index is 140. The number of thioether (sulfide) groups is 1. The Kier molecular flexibility index (Phi) is 2.21. The van der Waals surface area contributed by atoms with E-state index in [1.165, 1.54) is 7.11 Å². The van der Waals surface area contributed by atoms with Crippen LogP contribution in [0.15, 0.2) is 0 Å². The molecule has 0 aliphatic carbocycles. The standard InChI is InChI=1S/C6H10O3S/c1-9-6(5(7)8)2-3-10-4-6/h2-4H2,1H3,(H,7,8)/t6-/m1/s1. The number of hydrogen-bond acceptors (Lipinski definition) is 3. The third-order valence-electron chi connectivity index (χ3n) is 1.77. The fourth-order valence-electron chi connectivity index (χ4n) is 0.963. The van der Waals surface area contributed by atoms with E-state index in [4.69, 9.17) is 9.84 Å². The molecule has 1 heterocycles. The van der Waals surface area contributed by atoms with Gasteiger partial charge in [0, 0.05) is 12.9 Å². The van der Waals surface area contributed by atoms with Gasteiger partial charge in [-0.05, 0) is 12.2 Å². The zero-order valence-corrected chi connectivity index (χ0v) is 6.61. The summed E-state index contributed by atoms with van der Waals surface area (Å²) >= 11 is 1.63. The lowest BCUT2D eigenvalue weighted by atomic mass is 10.0. The second-order valence-corrected chi connectivity index (χ2v) is 3.41. The molecule has 0 spiro atoms. The van der Waals surface area contributed by atoms with Crippen LogP contribution >= 0.6 is 11.8 Å². The van der Waals surface area contributed by atoms with Crippen LogP contribution in [-0.4, -0.2) is 35.3 Å². The summed E-state index contributed by atoms with van der Waals surface area (Å²) in [7, 11) is 1.46. The Morgan fingerprint density at radius 3 is 2.70 bits per heavy atom. The van der Waals surface area contributed by atoms with Crippen molar-refractivity contribution in [1.82, 2.24) is 0 Å². The van der Waals surface area contributed by atoms with Crippen molar-refractivity contribution in [3.05, 3.63) is 0 Å². The Balaban J connectivity index is 2.67. The van der Waals surface area contributed by atoms with E-state index < -0.39 is 11.6 Å². The lowest BCUT2D eigenvalue weighted by Crippen LogP contribution is -2.40. The van der Waals surface area contributed by atoms with Crippen molar-refractivity contribution in [2.75, 3.05) is 18.6 Å². The fourth-order valence-corrected chi connectivity index (χ4v) is 2.30. The zero-order valence-electron chi connectivity index (χ0n) is 5.79. The molecule has 1 saturated heterocycles. The molecule has 0 aromatic carbocycles. The highest BCUT2D eigenvalue weighted by Crippen LogP contribution is 2.30. The molecule has 1 aliphatic rings. The Morgan fingerprint density at radius 1 is 1.80 bits per heavy atom. The number of methoxy groups -OCH3 is 1. The van der Waals surface area contributed by atoms with E-state index >= 15 is 0 Å². The van der Waals surface area contributed by atoms with Crippen molar-refractivity contribution in [3.8, 4) is 0 Å². The van der Waals surface area contributed by atoms with Gasteiger partial charge in [0.25, 0.3) is 0 Å². The second-order valence-electron chi connectivity index (χ2n) is 2.31. The summed E-state index contributed by atoms with van der Waals surface area (Å²) in [6, 6.07) is 0. The van der Waals surface area contributed by atoms with Crippen LogP contribution in [0.3, 0.4) is 0 Å². The largest absolute Gasteiger partial charge is 0.479 e. The van der Waals surface area contributed by atoms with Gasteiger partial charge < -0.3 is 9.84 Å².